The number of aryl methyl sites for hydroxylation is 1. The van der Waals surface area contributed by atoms with Crippen LogP contribution in [0.5, 0.6) is 0 Å². The molecule has 102 valence electrons. The Labute approximate surface area is 119 Å². The topological polar surface area (TPSA) is 39.2 Å². The molecule has 0 aliphatic heterocycles. The van der Waals surface area contributed by atoms with Crippen molar-refractivity contribution >= 4 is 11.0 Å². The standard InChI is InChI=1S/C18H19NO/c1-13-17(16-9-5-6-10-18(16)20-13)12-15(19)11-14-7-3-2-4-8-14/h2-10,15H,11-12,19H2,1H3. The molecule has 0 spiro atoms. The van der Waals surface area contributed by atoms with Gasteiger partial charge in [-0.15, -0.1) is 0 Å². The van der Waals surface area contributed by atoms with Gasteiger partial charge in [-0.25, -0.2) is 0 Å². The van der Waals surface area contributed by atoms with E-state index in [1.54, 1.807) is 0 Å². The summed E-state index contributed by atoms with van der Waals surface area (Å²) in [6.45, 7) is 2.02. The molecule has 2 heteroatoms. The average Bonchev–Trinajstić information content (AvgIpc) is 2.76. The van der Waals surface area contributed by atoms with Crippen molar-refractivity contribution in [3.63, 3.8) is 0 Å². The van der Waals surface area contributed by atoms with Crippen molar-refractivity contribution < 1.29 is 4.42 Å². The summed E-state index contributed by atoms with van der Waals surface area (Å²) < 4.78 is 5.79. The van der Waals surface area contributed by atoms with Gasteiger partial charge in [0.05, 0.1) is 0 Å². The smallest absolute Gasteiger partial charge is 0.134 e. The van der Waals surface area contributed by atoms with Gasteiger partial charge >= 0.3 is 0 Å². The number of hydrogen-bond donors (Lipinski definition) is 1. The number of benzene rings is 2. The van der Waals surface area contributed by atoms with E-state index >= 15 is 0 Å². The first-order chi connectivity index (χ1) is 9.74. The lowest BCUT2D eigenvalue weighted by Gasteiger charge is -2.11. The quantitative estimate of drug-likeness (QED) is 0.778. The first-order valence-electron chi connectivity index (χ1n) is 7.00. The third-order valence-electron chi connectivity index (χ3n) is 3.71. The summed E-state index contributed by atoms with van der Waals surface area (Å²) in [6, 6.07) is 18.7. The molecule has 0 radical (unpaired) electrons. The summed E-state index contributed by atoms with van der Waals surface area (Å²) in [5.41, 5.74) is 9.79. The van der Waals surface area contributed by atoms with Crippen LogP contribution in [0, 0.1) is 6.92 Å². The van der Waals surface area contributed by atoms with Gasteiger partial charge < -0.3 is 10.2 Å². The van der Waals surface area contributed by atoms with Crippen LogP contribution in [0.2, 0.25) is 0 Å². The molecule has 3 rings (SSSR count). The molecule has 0 bridgehead atoms. The first kappa shape index (κ1) is 12.9. The van der Waals surface area contributed by atoms with Crippen LogP contribution >= 0.6 is 0 Å². The van der Waals surface area contributed by atoms with Gasteiger partial charge in [-0.2, -0.15) is 0 Å². The van der Waals surface area contributed by atoms with Gasteiger partial charge in [0, 0.05) is 17.0 Å². The highest BCUT2D eigenvalue weighted by molar-refractivity contribution is 5.82. The van der Waals surface area contributed by atoms with Crippen LogP contribution in [0.1, 0.15) is 16.9 Å². The maximum absolute atomic E-state index is 6.32. The number of fused-ring (bicyclic) bond motifs is 1. The Morgan fingerprint density at radius 1 is 0.950 bits per heavy atom. The Bertz CT molecular complexity index is 700. The second-order valence-corrected chi connectivity index (χ2v) is 5.29. The van der Waals surface area contributed by atoms with Crippen LogP contribution in [-0.2, 0) is 12.8 Å². The van der Waals surface area contributed by atoms with Crippen molar-refractivity contribution in [3.05, 3.63) is 71.5 Å². The molecule has 0 amide bonds. The van der Waals surface area contributed by atoms with Gasteiger partial charge in [-0.05, 0) is 31.4 Å². The largest absolute Gasteiger partial charge is 0.461 e. The molecule has 0 aliphatic carbocycles. The molecule has 1 aromatic heterocycles. The normalized spacial score (nSPS) is 12.7. The molecule has 1 heterocycles. The van der Waals surface area contributed by atoms with Gasteiger partial charge in [0.2, 0.25) is 0 Å². The highest BCUT2D eigenvalue weighted by atomic mass is 16.3. The van der Waals surface area contributed by atoms with Crippen LogP contribution in [0.3, 0.4) is 0 Å². The fourth-order valence-electron chi connectivity index (χ4n) is 2.73. The fraction of sp³-hybridized carbons (Fsp3) is 0.222. The Kier molecular flexibility index (Phi) is 3.57. The molecular weight excluding hydrogens is 246 g/mol. The van der Waals surface area contributed by atoms with Crippen molar-refractivity contribution in [2.45, 2.75) is 25.8 Å². The van der Waals surface area contributed by atoms with E-state index in [2.05, 4.69) is 30.3 Å². The molecule has 1 atom stereocenters. The molecule has 0 saturated heterocycles. The number of furan rings is 1. The Hall–Kier alpha value is -2.06. The van der Waals surface area contributed by atoms with E-state index in [1.807, 2.05) is 31.2 Å². The zero-order chi connectivity index (χ0) is 13.9. The van der Waals surface area contributed by atoms with Crippen molar-refractivity contribution in [3.8, 4) is 0 Å². The lowest BCUT2D eigenvalue weighted by atomic mass is 9.98. The van der Waals surface area contributed by atoms with Crippen LogP contribution in [0.4, 0.5) is 0 Å². The van der Waals surface area contributed by atoms with E-state index in [4.69, 9.17) is 10.2 Å². The van der Waals surface area contributed by atoms with E-state index < -0.39 is 0 Å². The molecule has 3 aromatic rings. The Morgan fingerprint density at radius 3 is 2.45 bits per heavy atom. The first-order valence-corrected chi connectivity index (χ1v) is 7.00. The van der Waals surface area contributed by atoms with Gasteiger partial charge in [-0.3, -0.25) is 0 Å². The summed E-state index contributed by atoms with van der Waals surface area (Å²) >= 11 is 0. The average molecular weight is 265 g/mol. The third-order valence-corrected chi connectivity index (χ3v) is 3.71. The molecule has 1 unspecified atom stereocenters. The minimum Gasteiger partial charge on any atom is -0.461 e. The minimum absolute atomic E-state index is 0.108. The highest BCUT2D eigenvalue weighted by Gasteiger charge is 2.14. The zero-order valence-electron chi connectivity index (χ0n) is 11.7. The second kappa shape index (κ2) is 5.51. The highest BCUT2D eigenvalue weighted by Crippen LogP contribution is 2.26. The summed E-state index contributed by atoms with van der Waals surface area (Å²) in [4.78, 5) is 0. The Balaban J connectivity index is 1.81. The number of hydrogen-bond acceptors (Lipinski definition) is 2. The van der Waals surface area contributed by atoms with Crippen LogP contribution in [0.15, 0.2) is 59.0 Å². The number of nitrogens with two attached hydrogens (primary N) is 1. The molecule has 0 saturated carbocycles. The SMILES string of the molecule is Cc1oc2ccccc2c1CC(N)Cc1ccccc1. The van der Waals surface area contributed by atoms with E-state index in [-0.39, 0.29) is 6.04 Å². The van der Waals surface area contributed by atoms with E-state index in [1.165, 1.54) is 16.5 Å². The lowest BCUT2D eigenvalue weighted by Crippen LogP contribution is -2.25. The summed E-state index contributed by atoms with van der Waals surface area (Å²) in [5.74, 6) is 0.981. The molecule has 2 N–H and O–H groups in total. The molecule has 2 nitrogen and oxygen atoms in total. The van der Waals surface area contributed by atoms with Crippen LogP contribution < -0.4 is 5.73 Å². The van der Waals surface area contributed by atoms with E-state index in [9.17, 15) is 0 Å². The summed E-state index contributed by atoms with van der Waals surface area (Å²) in [5, 5.41) is 1.19. The molecular formula is C18H19NO. The summed E-state index contributed by atoms with van der Waals surface area (Å²) in [7, 11) is 0. The van der Waals surface area contributed by atoms with Crippen LogP contribution in [0.25, 0.3) is 11.0 Å². The second-order valence-electron chi connectivity index (χ2n) is 5.29. The van der Waals surface area contributed by atoms with Crippen molar-refractivity contribution in [1.29, 1.82) is 0 Å². The van der Waals surface area contributed by atoms with Gasteiger partial charge in [0.25, 0.3) is 0 Å². The maximum Gasteiger partial charge on any atom is 0.134 e. The molecule has 0 fully saturated rings. The van der Waals surface area contributed by atoms with Crippen molar-refractivity contribution in [2.24, 2.45) is 5.73 Å². The molecule has 2 aromatic carbocycles. The third kappa shape index (κ3) is 2.61. The summed E-state index contributed by atoms with van der Waals surface area (Å²) in [6.07, 6.45) is 1.73. The number of rotatable bonds is 4. The van der Waals surface area contributed by atoms with E-state index in [0.29, 0.717) is 0 Å². The van der Waals surface area contributed by atoms with Crippen molar-refractivity contribution in [2.75, 3.05) is 0 Å². The zero-order valence-corrected chi connectivity index (χ0v) is 11.7. The van der Waals surface area contributed by atoms with Gasteiger partial charge in [0.15, 0.2) is 0 Å². The Morgan fingerprint density at radius 2 is 1.65 bits per heavy atom. The molecule has 0 aliphatic rings. The minimum atomic E-state index is 0.108. The van der Waals surface area contributed by atoms with Crippen molar-refractivity contribution in [1.82, 2.24) is 0 Å². The van der Waals surface area contributed by atoms with Gasteiger partial charge in [0.1, 0.15) is 11.3 Å². The lowest BCUT2D eigenvalue weighted by molar-refractivity contribution is 0.564. The molecule has 20 heavy (non-hydrogen) atoms. The van der Waals surface area contributed by atoms with Gasteiger partial charge in [-0.1, -0.05) is 48.5 Å². The maximum atomic E-state index is 6.32. The van der Waals surface area contributed by atoms with Crippen LogP contribution in [-0.4, -0.2) is 6.04 Å². The monoisotopic (exact) mass is 265 g/mol. The predicted molar refractivity (Wildman–Crippen MR) is 82.8 cm³/mol. The fourth-order valence-corrected chi connectivity index (χ4v) is 2.73. The number of para-hydroxylation sites is 1. The predicted octanol–water partition coefficient (Wildman–Crippen LogP) is 3.85. The van der Waals surface area contributed by atoms with E-state index in [0.717, 1.165) is 24.2 Å².